The fraction of sp³-hybridized carbons (Fsp3) is 0.243. The van der Waals surface area contributed by atoms with E-state index in [0.717, 1.165) is 16.6 Å². The zero-order valence-electron chi connectivity index (χ0n) is 27.8. The van der Waals surface area contributed by atoms with Crippen molar-refractivity contribution in [2.75, 3.05) is 0 Å². The Morgan fingerprint density at radius 2 is 1.63 bits per heavy atom. The average molecular weight is 710 g/mol. The largest absolute Gasteiger partial charge is 0.433 e. The van der Waals surface area contributed by atoms with Crippen LogP contribution in [0.1, 0.15) is 77.9 Å². The van der Waals surface area contributed by atoms with Crippen LogP contribution in [-0.2, 0) is 6.18 Å². The van der Waals surface area contributed by atoms with Crippen molar-refractivity contribution in [3.05, 3.63) is 139 Å². The number of carbonyl (C=O) groups excluding carboxylic acids is 1. The lowest BCUT2D eigenvalue weighted by Crippen LogP contribution is -2.32. The summed E-state index contributed by atoms with van der Waals surface area (Å²) < 4.78 is 44.0. The van der Waals surface area contributed by atoms with Crippen LogP contribution < -0.4 is 0 Å². The highest BCUT2D eigenvalue weighted by atomic mass is 19.4. The second-order valence-electron chi connectivity index (χ2n) is 13.1. The van der Waals surface area contributed by atoms with Gasteiger partial charge in [-0.25, -0.2) is 14.5 Å². The molecule has 0 radical (unpaired) electrons. The molecule has 2 aliphatic rings. The van der Waals surface area contributed by atoms with Crippen LogP contribution in [0.2, 0.25) is 0 Å². The SMILES string of the molecule is CC(C)c1ccc(-c2cc(C(F)(F)F)n3nc(C(=O)N4N=C5C(=Cc6cccc([N+](=O)[O-])c6)CCCC5C4c4cccc([N+](=O)[O-])c4)cc3n2)cc1. The molecule has 0 saturated heterocycles. The molecule has 2 unspecified atom stereocenters. The van der Waals surface area contributed by atoms with E-state index in [4.69, 9.17) is 5.10 Å². The number of amides is 1. The van der Waals surface area contributed by atoms with Crippen LogP contribution in [0.3, 0.4) is 0 Å². The monoisotopic (exact) mass is 709 g/mol. The molecule has 52 heavy (non-hydrogen) atoms. The van der Waals surface area contributed by atoms with Crippen molar-refractivity contribution >= 4 is 34.7 Å². The standard InChI is InChI=1S/C37H30F3N7O5/c1-21(2)23-12-14-24(15-13-23)30-19-32(37(38,39)40)44-33(41-30)20-31(42-44)36(48)45-35(26-8-4-10-28(18-26)47(51)52)29-11-5-7-25(34(29)43-45)16-22-6-3-9-27(17-22)46(49)50/h3-4,6,8-10,12-21,29,35H,5,7,11H2,1-2H3. The van der Waals surface area contributed by atoms with Gasteiger partial charge in [-0.2, -0.15) is 23.4 Å². The number of allylic oxidation sites excluding steroid dienone is 1. The molecule has 2 aromatic heterocycles. The molecule has 0 bridgehead atoms. The molecule has 5 aromatic rings. The minimum Gasteiger partial charge on any atom is -0.265 e. The van der Waals surface area contributed by atoms with Crippen LogP contribution in [0, 0.1) is 26.1 Å². The second-order valence-corrected chi connectivity index (χ2v) is 13.1. The first-order valence-corrected chi connectivity index (χ1v) is 16.5. The van der Waals surface area contributed by atoms with Crippen molar-refractivity contribution in [1.29, 1.82) is 0 Å². The Labute approximate surface area is 294 Å². The van der Waals surface area contributed by atoms with E-state index in [2.05, 4.69) is 10.1 Å². The molecule has 3 heterocycles. The number of carbonyl (C=O) groups is 1. The highest BCUT2D eigenvalue weighted by Crippen LogP contribution is 2.45. The number of nitrogens with zero attached hydrogens (tertiary/aromatic N) is 7. The fourth-order valence-electron chi connectivity index (χ4n) is 6.84. The van der Waals surface area contributed by atoms with Gasteiger partial charge in [0.15, 0.2) is 17.0 Å². The van der Waals surface area contributed by atoms with Gasteiger partial charge in [-0.3, -0.25) is 25.0 Å². The first kappa shape index (κ1) is 34.2. The van der Waals surface area contributed by atoms with E-state index in [9.17, 15) is 38.2 Å². The van der Waals surface area contributed by atoms with Crippen molar-refractivity contribution in [3.63, 3.8) is 0 Å². The minimum absolute atomic E-state index is 0.0480. The van der Waals surface area contributed by atoms with Gasteiger partial charge in [0, 0.05) is 41.8 Å². The van der Waals surface area contributed by atoms with E-state index >= 15 is 0 Å². The van der Waals surface area contributed by atoms with Crippen LogP contribution in [0.5, 0.6) is 0 Å². The lowest BCUT2D eigenvalue weighted by atomic mass is 9.77. The maximum atomic E-state index is 14.5. The van der Waals surface area contributed by atoms with Gasteiger partial charge in [0.05, 0.1) is 27.3 Å². The summed E-state index contributed by atoms with van der Waals surface area (Å²) >= 11 is 0. The van der Waals surface area contributed by atoms with Crippen molar-refractivity contribution < 1.29 is 27.8 Å². The number of alkyl halides is 3. The summed E-state index contributed by atoms with van der Waals surface area (Å²) in [6.07, 6.45) is -1.34. The van der Waals surface area contributed by atoms with Gasteiger partial charge in [0.1, 0.15) is 0 Å². The van der Waals surface area contributed by atoms with Gasteiger partial charge in [-0.05, 0) is 59.6 Å². The Hall–Kier alpha value is -6.25. The number of hydrazone groups is 1. The van der Waals surface area contributed by atoms with Crippen molar-refractivity contribution in [2.24, 2.45) is 11.0 Å². The molecular weight excluding hydrogens is 679 g/mol. The zero-order chi connectivity index (χ0) is 36.9. The van der Waals surface area contributed by atoms with Gasteiger partial charge in [0.2, 0.25) is 0 Å². The number of rotatable bonds is 7. The third kappa shape index (κ3) is 6.40. The van der Waals surface area contributed by atoms with Crippen molar-refractivity contribution in [3.8, 4) is 11.3 Å². The molecule has 2 atom stereocenters. The summed E-state index contributed by atoms with van der Waals surface area (Å²) in [5.74, 6) is -1.05. The molecular formula is C37H30F3N7O5. The Balaban J connectivity index is 1.34. The van der Waals surface area contributed by atoms with E-state index in [1.807, 2.05) is 26.0 Å². The molecule has 1 aliphatic heterocycles. The molecule has 12 nitrogen and oxygen atoms in total. The fourth-order valence-corrected chi connectivity index (χ4v) is 6.84. The number of hydrogen-bond donors (Lipinski definition) is 0. The molecule has 1 saturated carbocycles. The smallest absolute Gasteiger partial charge is 0.265 e. The van der Waals surface area contributed by atoms with Crippen LogP contribution in [0.4, 0.5) is 24.5 Å². The Morgan fingerprint density at radius 1 is 0.942 bits per heavy atom. The normalized spacial score (nSPS) is 18.2. The van der Waals surface area contributed by atoms with E-state index in [1.165, 1.54) is 36.4 Å². The maximum Gasteiger partial charge on any atom is 0.433 e. The summed E-state index contributed by atoms with van der Waals surface area (Å²) in [7, 11) is 0. The van der Waals surface area contributed by atoms with E-state index in [-0.39, 0.29) is 34.3 Å². The molecule has 0 spiro atoms. The van der Waals surface area contributed by atoms with Crippen LogP contribution in [-0.4, -0.2) is 41.1 Å². The second kappa shape index (κ2) is 13.1. The zero-order valence-corrected chi connectivity index (χ0v) is 27.8. The summed E-state index contributed by atoms with van der Waals surface area (Å²) in [6.45, 7) is 4.01. The quantitative estimate of drug-likeness (QED) is 0.121. The number of nitro benzene ring substituents is 2. The van der Waals surface area contributed by atoms with Gasteiger partial charge in [-0.1, -0.05) is 62.4 Å². The van der Waals surface area contributed by atoms with E-state index in [0.29, 0.717) is 51.8 Å². The van der Waals surface area contributed by atoms with Crippen molar-refractivity contribution in [1.82, 2.24) is 19.6 Å². The maximum absolute atomic E-state index is 14.5. The number of hydrogen-bond acceptors (Lipinski definition) is 8. The predicted molar refractivity (Wildman–Crippen MR) is 185 cm³/mol. The summed E-state index contributed by atoms with van der Waals surface area (Å²) in [5.41, 5.74) is 1.69. The number of halogens is 3. The first-order valence-electron chi connectivity index (χ1n) is 16.5. The number of nitro groups is 2. The van der Waals surface area contributed by atoms with Crippen LogP contribution >= 0.6 is 0 Å². The minimum atomic E-state index is -4.85. The third-order valence-electron chi connectivity index (χ3n) is 9.36. The summed E-state index contributed by atoms with van der Waals surface area (Å²) in [6, 6.07) is 20.1. The molecule has 3 aromatic carbocycles. The van der Waals surface area contributed by atoms with Gasteiger partial charge in [-0.15, -0.1) is 0 Å². The molecule has 1 fully saturated rings. The lowest BCUT2D eigenvalue weighted by Gasteiger charge is -2.29. The van der Waals surface area contributed by atoms with Gasteiger partial charge < -0.3 is 0 Å². The van der Waals surface area contributed by atoms with Crippen LogP contribution in [0.15, 0.2) is 95.6 Å². The number of fused-ring (bicyclic) bond motifs is 2. The first-order chi connectivity index (χ1) is 24.8. The lowest BCUT2D eigenvalue weighted by molar-refractivity contribution is -0.385. The van der Waals surface area contributed by atoms with Gasteiger partial charge in [0.25, 0.3) is 17.3 Å². The average Bonchev–Trinajstić information content (AvgIpc) is 3.73. The van der Waals surface area contributed by atoms with Gasteiger partial charge >= 0.3 is 6.18 Å². The van der Waals surface area contributed by atoms with E-state index < -0.39 is 39.6 Å². The Kier molecular flexibility index (Phi) is 8.64. The van der Waals surface area contributed by atoms with Crippen LogP contribution in [0.25, 0.3) is 23.0 Å². The predicted octanol–water partition coefficient (Wildman–Crippen LogP) is 8.79. The van der Waals surface area contributed by atoms with E-state index in [1.54, 1.807) is 36.4 Å². The topological polar surface area (TPSA) is 149 Å². The summed E-state index contributed by atoms with van der Waals surface area (Å²) in [5, 5.41) is 33.1. The Morgan fingerprint density at radius 3 is 2.31 bits per heavy atom. The molecule has 1 aliphatic carbocycles. The molecule has 264 valence electrons. The molecule has 1 amide bonds. The highest BCUT2D eigenvalue weighted by Gasteiger charge is 2.45. The Bertz CT molecular complexity index is 2310. The molecule has 15 heteroatoms. The molecule has 0 N–H and O–H groups in total. The molecule has 7 rings (SSSR count). The summed E-state index contributed by atoms with van der Waals surface area (Å²) in [4.78, 5) is 40.9. The third-order valence-corrected chi connectivity index (χ3v) is 9.36. The number of aromatic nitrogens is 3. The van der Waals surface area contributed by atoms with Crippen molar-refractivity contribution in [2.45, 2.75) is 51.2 Å². The highest BCUT2D eigenvalue weighted by molar-refractivity contribution is 6.09. The number of benzene rings is 3. The number of non-ortho nitro benzene ring substituents is 2.